The molecule has 66 heavy (non-hydrogen) atoms. The highest BCUT2D eigenvalue weighted by molar-refractivity contribution is 14.1. The summed E-state index contributed by atoms with van der Waals surface area (Å²) in [5, 5.41) is 31.2. The van der Waals surface area contributed by atoms with E-state index in [9.17, 15) is 0 Å². The van der Waals surface area contributed by atoms with Crippen molar-refractivity contribution in [1.82, 2.24) is 49.5 Å². The third kappa shape index (κ3) is 10.3. The van der Waals surface area contributed by atoms with Crippen LogP contribution in [-0.2, 0) is 22.6 Å². The second-order valence-corrected chi connectivity index (χ2v) is 18.2. The average Bonchev–Trinajstić information content (AvgIpc) is 4.27. The van der Waals surface area contributed by atoms with Gasteiger partial charge in [0.15, 0.2) is 11.3 Å². The van der Waals surface area contributed by atoms with Crippen molar-refractivity contribution in [3.63, 3.8) is 0 Å². The van der Waals surface area contributed by atoms with Crippen molar-refractivity contribution in [3.8, 4) is 23.0 Å². The lowest BCUT2D eigenvalue weighted by atomic mass is 9.80. The molecule has 0 unspecified atom stereocenters. The van der Waals surface area contributed by atoms with Gasteiger partial charge in [0.05, 0.1) is 21.8 Å². The summed E-state index contributed by atoms with van der Waals surface area (Å²) < 4.78 is 27.1. The van der Waals surface area contributed by atoms with E-state index >= 15 is 0 Å². The minimum absolute atomic E-state index is 0.332. The molecule has 6 aromatic heterocycles. The molecule has 8 aromatic rings. The van der Waals surface area contributed by atoms with Crippen LogP contribution < -0.4 is 26.4 Å². The van der Waals surface area contributed by atoms with Crippen LogP contribution in [0.3, 0.4) is 0 Å². The van der Waals surface area contributed by atoms with Crippen LogP contribution in [-0.4, -0.2) is 105 Å². The Morgan fingerprint density at radius 3 is 1.70 bits per heavy atom. The maximum absolute atomic E-state index is 9.08. The van der Waals surface area contributed by atoms with E-state index < -0.39 is 7.12 Å². The van der Waals surface area contributed by atoms with Crippen LogP contribution in [0.1, 0.15) is 51.4 Å². The van der Waals surface area contributed by atoms with Gasteiger partial charge in [-0.3, -0.25) is 0 Å². The second kappa shape index (κ2) is 19.6. The number of rotatable bonds is 10. The molecule has 4 aliphatic rings. The summed E-state index contributed by atoms with van der Waals surface area (Å²) in [6.45, 7) is 4.97. The molecule has 2 aromatic carbocycles. The molecule has 340 valence electrons. The average molecular weight is 1000 g/mol. The van der Waals surface area contributed by atoms with E-state index in [1.807, 2.05) is 45.8 Å². The Bertz CT molecular complexity index is 2990. The molecular weight excluding hydrogens is 954 g/mol. The number of nitrogen functional groups attached to an aromatic ring is 2. The molecule has 0 spiro atoms. The fraction of sp³-hybridized carbons (Fsp3) is 0.391. The Hall–Kier alpha value is -5.81. The molecule has 2 aliphatic carbocycles. The maximum atomic E-state index is 9.08. The molecule has 12 rings (SSSR count). The van der Waals surface area contributed by atoms with E-state index in [1.165, 1.54) is 12.7 Å². The number of pyridine rings is 2. The van der Waals surface area contributed by atoms with Gasteiger partial charge in [-0.2, -0.15) is 10.2 Å². The smallest absolute Gasteiger partial charge is 0.474 e. The highest BCUT2D eigenvalue weighted by atomic mass is 127. The molecule has 2 saturated carbocycles. The van der Waals surface area contributed by atoms with Crippen LogP contribution in [0.25, 0.3) is 55.1 Å². The summed E-state index contributed by atoms with van der Waals surface area (Å²) in [5.74, 6) is 3.40. The van der Waals surface area contributed by atoms with Crippen molar-refractivity contribution < 1.29 is 29.0 Å². The van der Waals surface area contributed by atoms with Crippen LogP contribution in [0.2, 0.25) is 0 Å². The zero-order valence-corrected chi connectivity index (χ0v) is 38.4. The normalized spacial score (nSPS) is 16.8. The molecule has 4 fully saturated rings. The predicted molar refractivity (Wildman–Crippen MR) is 259 cm³/mol. The first-order valence-electron chi connectivity index (χ1n) is 22.5. The lowest BCUT2D eigenvalue weighted by Gasteiger charge is -2.21. The minimum Gasteiger partial charge on any atom is -0.474 e. The second-order valence-electron chi connectivity index (χ2n) is 17.2. The Balaban J connectivity index is 0.000000125. The molecule has 0 bridgehead atoms. The van der Waals surface area contributed by atoms with Gasteiger partial charge in [0.25, 0.3) is 0 Å². The zero-order chi connectivity index (χ0) is 45.1. The molecule has 18 nitrogen and oxygen atoms in total. The fourth-order valence-electron chi connectivity index (χ4n) is 8.21. The Morgan fingerprint density at radius 2 is 1.14 bits per heavy atom. The number of anilines is 2. The quantitative estimate of drug-likeness (QED) is 0.0978. The lowest BCUT2D eigenvalue weighted by Crippen LogP contribution is -2.29. The van der Waals surface area contributed by atoms with E-state index in [0.29, 0.717) is 52.9 Å². The Kier molecular flexibility index (Phi) is 13.1. The summed E-state index contributed by atoms with van der Waals surface area (Å²) in [5.41, 5.74) is 17.7. The van der Waals surface area contributed by atoms with Crippen LogP contribution in [0.4, 0.5) is 11.6 Å². The zero-order valence-electron chi connectivity index (χ0n) is 36.2. The number of nitrogens with zero attached hydrogens (tertiary/aromatic N) is 10. The first-order chi connectivity index (χ1) is 32.2. The van der Waals surface area contributed by atoms with Gasteiger partial charge in [0.1, 0.15) is 45.9 Å². The number of aromatic nitrogens is 10. The van der Waals surface area contributed by atoms with Crippen molar-refractivity contribution in [2.45, 2.75) is 76.7 Å². The molecule has 6 N–H and O–H groups in total. The predicted octanol–water partition coefficient (Wildman–Crippen LogP) is 5.49. The Morgan fingerprint density at radius 1 is 0.621 bits per heavy atom. The van der Waals surface area contributed by atoms with Crippen LogP contribution in [0.5, 0.6) is 11.8 Å². The van der Waals surface area contributed by atoms with E-state index in [-0.39, 0.29) is 0 Å². The van der Waals surface area contributed by atoms with Crippen molar-refractivity contribution in [3.05, 3.63) is 77.0 Å². The Labute approximate surface area is 393 Å². The maximum Gasteiger partial charge on any atom is 0.488 e. The van der Waals surface area contributed by atoms with Crippen LogP contribution in [0.15, 0.2) is 73.3 Å². The highest BCUT2D eigenvalue weighted by Gasteiger charge is 2.26. The molecule has 0 radical (unpaired) electrons. The van der Waals surface area contributed by atoms with Gasteiger partial charge < -0.3 is 40.5 Å². The summed E-state index contributed by atoms with van der Waals surface area (Å²) in [6, 6.07) is 18.9. The molecular formula is C46H50BIN12O6. The van der Waals surface area contributed by atoms with Crippen molar-refractivity contribution in [1.29, 1.82) is 0 Å². The van der Waals surface area contributed by atoms with Gasteiger partial charge >= 0.3 is 7.12 Å². The van der Waals surface area contributed by atoms with Crippen molar-refractivity contribution in [2.24, 2.45) is 11.8 Å². The lowest BCUT2D eigenvalue weighted by molar-refractivity contribution is 0.0604. The van der Waals surface area contributed by atoms with E-state index in [4.69, 9.17) is 45.6 Å². The number of fused-ring (bicyclic) bond motifs is 4. The largest absolute Gasteiger partial charge is 0.488 e. The summed E-state index contributed by atoms with van der Waals surface area (Å²) in [4.78, 5) is 26.1. The monoisotopic (exact) mass is 1000 g/mol. The van der Waals surface area contributed by atoms with Crippen molar-refractivity contribution in [2.75, 3.05) is 37.9 Å². The number of hydrogen-bond acceptors (Lipinski definition) is 16. The van der Waals surface area contributed by atoms with Gasteiger partial charge in [-0.15, -0.1) is 0 Å². The summed E-state index contributed by atoms with van der Waals surface area (Å²) in [6.07, 6.45) is 12.3. The number of nitrogens with two attached hydrogens (primary N) is 2. The molecule has 0 amide bonds. The molecule has 2 saturated heterocycles. The van der Waals surface area contributed by atoms with Gasteiger partial charge in [-0.1, -0.05) is 18.2 Å². The van der Waals surface area contributed by atoms with Crippen molar-refractivity contribution >= 4 is 90.7 Å². The van der Waals surface area contributed by atoms with Gasteiger partial charge in [0.2, 0.25) is 11.8 Å². The minimum atomic E-state index is -1.44. The number of benzene rings is 2. The highest BCUT2D eigenvalue weighted by Crippen LogP contribution is 2.34. The van der Waals surface area contributed by atoms with Gasteiger partial charge in [-0.25, -0.2) is 39.3 Å². The third-order valence-corrected chi connectivity index (χ3v) is 12.9. The van der Waals surface area contributed by atoms with E-state index in [0.717, 1.165) is 150 Å². The number of ether oxygens (including phenoxy) is 4. The number of hydrogen-bond donors (Lipinski definition) is 4. The first-order valence-corrected chi connectivity index (χ1v) is 23.6. The van der Waals surface area contributed by atoms with Crippen LogP contribution in [0, 0.1) is 15.5 Å². The molecule has 20 heteroatoms. The van der Waals surface area contributed by atoms with Gasteiger partial charge in [-0.05, 0) is 122 Å². The summed E-state index contributed by atoms with van der Waals surface area (Å²) >= 11 is 2.18. The van der Waals surface area contributed by atoms with E-state index in [1.54, 1.807) is 18.2 Å². The topological polar surface area (TPSA) is 242 Å². The third-order valence-electron chi connectivity index (χ3n) is 12.2. The van der Waals surface area contributed by atoms with Crippen LogP contribution >= 0.6 is 22.6 Å². The van der Waals surface area contributed by atoms with Gasteiger partial charge in [0, 0.05) is 68.0 Å². The first kappa shape index (κ1) is 44.1. The van der Waals surface area contributed by atoms with E-state index in [2.05, 4.69) is 63.7 Å². The molecule has 8 heterocycles. The molecule has 0 atom stereocenters. The molecule has 2 aliphatic heterocycles. The number of halogens is 1. The SMILES string of the molecule is Nc1ncnc2c1c(-c1ccc3nc(OC4CC4)ccc3c1)nn2CC1CCOCC1.Nc1ncnc2c1c(I)nn2CC1CCOCC1.OB(O)c1ccc2nc(OC3CC3)ccc2c1. The standard InChI is InChI=1S/C23H24N6O2.C12H12BNO3.C11H14IN5O/c24-22-20-21(28-29(23(20)26-13-25-22)12-14-7-9-30-10-8-14)16-1-5-18-15(11-16)2-6-19(27-18)31-17-3-4-17;15-13(16)9-2-5-11-8(7-9)1-6-12(14-11)17-10-3-4-10;12-9-8-10(13)14-6-15-11(8)17(16-9)5-7-1-3-18-4-2-7/h1-2,5-6,11,13-14,17H,3-4,7-10,12H2,(H2,24,25,26);1-2,5-7,10,15-16H,3-4H2;6-7H,1-5H2,(H2,13,14,15). The summed E-state index contributed by atoms with van der Waals surface area (Å²) in [7, 11) is -1.44. The fourth-order valence-corrected chi connectivity index (χ4v) is 8.98.